The van der Waals surface area contributed by atoms with Crippen molar-refractivity contribution in [2.45, 2.75) is 25.9 Å². The zero-order chi connectivity index (χ0) is 17.4. The van der Waals surface area contributed by atoms with Crippen molar-refractivity contribution < 1.29 is 4.79 Å². The summed E-state index contributed by atoms with van der Waals surface area (Å²) < 4.78 is 3.24. The van der Waals surface area contributed by atoms with Gasteiger partial charge in [0.1, 0.15) is 11.3 Å². The van der Waals surface area contributed by atoms with Gasteiger partial charge in [-0.1, -0.05) is 6.07 Å². The first-order valence-electron chi connectivity index (χ1n) is 8.43. The van der Waals surface area contributed by atoms with Gasteiger partial charge in [0.25, 0.3) is 5.91 Å². The fourth-order valence-electron chi connectivity index (χ4n) is 3.00. The molecule has 1 aliphatic carbocycles. The van der Waals surface area contributed by atoms with Gasteiger partial charge in [0.2, 0.25) is 0 Å². The van der Waals surface area contributed by atoms with Crippen molar-refractivity contribution in [3.05, 3.63) is 57.6 Å². The van der Waals surface area contributed by atoms with Gasteiger partial charge in [0, 0.05) is 28.9 Å². The summed E-state index contributed by atoms with van der Waals surface area (Å²) in [4.78, 5) is 23.7. The molecule has 3 aromatic rings. The molecule has 128 valence electrons. The predicted octanol–water partition coefficient (Wildman–Crippen LogP) is 3.72. The summed E-state index contributed by atoms with van der Waals surface area (Å²) in [6.07, 6.45) is 4.34. The number of nitrogens with zero attached hydrogens (tertiary/aromatic N) is 4. The zero-order valence-electron chi connectivity index (χ0n) is 14.0. The SMILES string of the molecule is CN(Cc1nc2cccnc2n1CC1CC1)C(=O)c1cccc(I)c1. The molecule has 0 spiro atoms. The number of imidazole rings is 1. The van der Waals surface area contributed by atoms with Crippen LogP contribution in [0.15, 0.2) is 42.6 Å². The Morgan fingerprint density at radius 1 is 1.32 bits per heavy atom. The minimum absolute atomic E-state index is 0.0107. The van der Waals surface area contributed by atoms with E-state index >= 15 is 0 Å². The van der Waals surface area contributed by atoms with E-state index in [1.807, 2.05) is 43.4 Å². The molecule has 1 aromatic carbocycles. The largest absolute Gasteiger partial charge is 0.334 e. The minimum atomic E-state index is 0.0107. The summed E-state index contributed by atoms with van der Waals surface area (Å²) in [5.41, 5.74) is 2.52. The van der Waals surface area contributed by atoms with E-state index < -0.39 is 0 Å². The van der Waals surface area contributed by atoms with Gasteiger partial charge in [-0.2, -0.15) is 0 Å². The maximum Gasteiger partial charge on any atom is 0.254 e. The number of carbonyl (C=O) groups excluding carboxylic acids is 1. The average molecular weight is 446 g/mol. The lowest BCUT2D eigenvalue weighted by atomic mass is 10.2. The molecule has 0 aliphatic heterocycles. The first-order valence-corrected chi connectivity index (χ1v) is 9.51. The van der Waals surface area contributed by atoms with Crippen LogP contribution < -0.4 is 0 Å². The Labute approximate surface area is 160 Å². The van der Waals surface area contributed by atoms with Crippen LogP contribution >= 0.6 is 22.6 Å². The minimum Gasteiger partial charge on any atom is -0.334 e. The van der Waals surface area contributed by atoms with Crippen LogP contribution in [0, 0.1) is 9.49 Å². The van der Waals surface area contributed by atoms with Crippen molar-refractivity contribution >= 4 is 39.7 Å². The summed E-state index contributed by atoms with van der Waals surface area (Å²) in [5, 5.41) is 0. The van der Waals surface area contributed by atoms with E-state index in [9.17, 15) is 4.79 Å². The van der Waals surface area contributed by atoms with Crippen LogP contribution in [0.1, 0.15) is 29.0 Å². The van der Waals surface area contributed by atoms with Crippen molar-refractivity contribution in [2.75, 3.05) is 7.05 Å². The lowest BCUT2D eigenvalue weighted by Gasteiger charge is -2.18. The smallest absolute Gasteiger partial charge is 0.254 e. The Bertz CT molecular complexity index is 932. The molecule has 1 amide bonds. The fraction of sp³-hybridized carbons (Fsp3) is 0.316. The summed E-state index contributed by atoms with van der Waals surface area (Å²) in [7, 11) is 1.83. The average Bonchev–Trinajstić information content (AvgIpc) is 3.37. The number of benzene rings is 1. The predicted molar refractivity (Wildman–Crippen MR) is 105 cm³/mol. The van der Waals surface area contributed by atoms with Gasteiger partial charge in [0.15, 0.2) is 5.65 Å². The molecule has 0 bridgehead atoms. The number of amides is 1. The highest BCUT2D eigenvalue weighted by molar-refractivity contribution is 14.1. The van der Waals surface area contributed by atoms with Gasteiger partial charge >= 0.3 is 0 Å². The third kappa shape index (κ3) is 3.53. The first-order chi connectivity index (χ1) is 12.1. The van der Waals surface area contributed by atoms with Crippen molar-refractivity contribution in [1.82, 2.24) is 19.4 Å². The van der Waals surface area contributed by atoms with Crippen LogP contribution in [0.2, 0.25) is 0 Å². The van der Waals surface area contributed by atoms with E-state index in [-0.39, 0.29) is 5.91 Å². The van der Waals surface area contributed by atoms with Gasteiger partial charge < -0.3 is 9.47 Å². The Hall–Kier alpha value is -1.96. The molecule has 5 nitrogen and oxygen atoms in total. The van der Waals surface area contributed by atoms with Crippen LogP contribution in [-0.2, 0) is 13.1 Å². The highest BCUT2D eigenvalue weighted by Gasteiger charge is 2.25. The van der Waals surface area contributed by atoms with E-state index in [4.69, 9.17) is 4.98 Å². The number of rotatable bonds is 5. The molecule has 2 aromatic heterocycles. The lowest BCUT2D eigenvalue weighted by molar-refractivity contribution is 0.0780. The van der Waals surface area contributed by atoms with Crippen molar-refractivity contribution in [3.8, 4) is 0 Å². The number of hydrogen-bond donors (Lipinski definition) is 0. The summed E-state index contributed by atoms with van der Waals surface area (Å²) in [6.45, 7) is 1.42. The normalized spacial score (nSPS) is 14.0. The Morgan fingerprint density at radius 3 is 2.92 bits per heavy atom. The standard InChI is InChI=1S/C19H19IN4O/c1-23(19(25)14-4-2-5-15(20)10-14)12-17-22-16-6-3-9-21-18(16)24(17)11-13-7-8-13/h2-6,9-10,13H,7-8,11-12H2,1H3. The second-order valence-electron chi connectivity index (χ2n) is 6.60. The van der Waals surface area contributed by atoms with Gasteiger partial charge in [-0.25, -0.2) is 9.97 Å². The number of carbonyl (C=O) groups is 1. The number of fused-ring (bicyclic) bond motifs is 1. The molecule has 6 heteroatoms. The lowest BCUT2D eigenvalue weighted by Crippen LogP contribution is -2.28. The number of aromatic nitrogens is 3. The fourth-order valence-corrected chi connectivity index (χ4v) is 3.55. The Morgan fingerprint density at radius 2 is 2.16 bits per heavy atom. The molecular weight excluding hydrogens is 427 g/mol. The third-order valence-corrected chi connectivity index (χ3v) is 5.19. The van der Waals surface area contributed by atoms with E-state index in [1.165, 1.54) is 12.8 Å². The van der Waals surface area contributed by atoms with Gasteiger partial charge in [-0.05, 0) is 71.7 Å². The Balaban J connectivity index is 1.62. The van der Waals surface area contributed by atoms with Gasteiger partial charge in [-0.15, -0.1) is 0 Å². The van der Waals surface area contributed by atoms with Crippen LogP contribution in [0.4, 0.5) is 0 Å². The molecule has 4 rings (SSSR count). The van der Waals surface area contributed by atoms with Gasteiger partial charge in [0.05, 0.1) is 6.54 Å². The molecule has 1 aliphatic rings. The monoisotopic (exact) mass is 446 g/mol. The van der Waals surface area contributed by atoms with Crippen molar-refractivity contribution in [3.63, 3.8) is 0 Å². The topological polar surface area (TPSA) is 51.0 Å². The van der Waals surface area contributed by atoms with Crippen LogP contribution in [0.3, 0.4) is 0 Å². The second kappa shape index (κ2) is 6.74. The van der Waals surface area contributed by atoms with Gasteiger partial charge in [-0.3, -0.25) is 4.79 Å². The summed E-state index contributed by atoms with van der Waals surface area (Å²) >= 11 is 2.23. The van der Waals surface area contributed by atoms with Crippen molar-refractivity contribution in [1.29, 1.82) is 0 Å². The maximum absolute atomic E-state index is 12.7. The molecule has 0 unspecified atom stereocenters. The third-order valence-electron chi connectivity index (χ3n) is 4.52. The van der Waals surface area contributed by atoms with Crippen LogP contribution in [0.5, 0.6) is 0 Å². The number of pyridine rings is 1. The van der Waals surface area contributed by atoms with E-state index in [1.54, 1.807) is 11.1 Å². The maximum atomic E-state index is 12.7. The van der Waals surface area contributed by atoms with Crippen LogP contribution in [-0.4, -0.2) is 32.4 Å². The van der Waals surface area contributed by atoms with E-state index in [0.717, 1.165) is 33.0 Å². The molecule has 1 fully saturated rings. The highest BCUT2D eigenvalue weighted by Crippen LogP contribution is 2.32. The van der Waals surface area contributed by atoms with E-state index in [0.29, 0.717) is 12.1 Å². The number of halogens is 1. The molecule has 0 radical (unpaired) electrons. The number of hydrogen-bond acceptors (Lipinski definition) is 3. The Kier molecular flexibility index (Phi) is 4.45. The molecule has 1 saturated carbocycles. The van der Waals surface area contributed by atoms with E-state index in [2.05, 4.69) is 32.1 Å². The molecule has 0 saturated heterocycles. The first kappa shape index (κ1) is 16.5. The van der Waals surface area contributed by atoms with Crippen molar-refractivity contribution in [2.24, 2.45) is 5.92 Å². The second-order valence-corrected chi connectivity index (χ2v) is 7.85. The highest BCUT2D eigenvalue weighted by atomic mass is 127. The van der Waals surface area contributed by atoms with Crippen LogP contribution in [0.25, 0.3) is 11.2 Å². The molecule has 2 heterocycles. The molecule has 25 heavy (non-hydrogen) atoms. The summed E-state index contributed by atoms with van der Waals surface area (Å²) in [5.74, 6) is 1.63. The molecule has 0 N–H and O–H groups in total. The summed E-state index contributed by atoms with van der Waals surface area (Å²) in [6, 6.07) is 11.6. The molecule has 0 atom stereocenters. The molecular formula is C19H19IN4O. The zero-order valence-corrected chi connectivity index (χ0v) is 16.2. The quantitative estimate of drug-likeness (QED) is 0.562.